The zero-order chi connectivity index (χ0) is 13.3. The highest BCUT2D eigenvalue weighted by Gasteiger charge is 2.18. The van der Waals surface area contributed by atoms with Crippen LogP contribution in [0.25, 0.3) is 0 Å². The van der Waals surface area contributed by atoms with Crippen LogP contribution in [0.2, 0.25) is 0 Å². The van der Waals surface area contributed by atoms with Crippen LogP contribution in [0.4, 0.5) is 11.5 Å². The van der Waals surface area contributed by atoms with Crippen molar-refractivity contribution in [3.05, 3.63) is 41.0 Å². The normalized spacial score (nSPS) is 11.4. The molecule has 0 saturated heterocycles. The first-order chi connectivity index (χ1) is 8.39. The Kier molecular flexibility index (Phi) is 3.27. The summed E-state index contributed by atoms with van der Waals surface area (Å²) in [5.74, 6) is 0.137. The summed E-state index contributed by atoms with van der Waals surface area (Å²) in [4.78, 5) is 4.12. The third-order valence-corrected chi connectivity index (χ3v) is 4.44. The van der Waals surface area contributed by atoms with E-state index >= 15 is 0 Å². The van der Waals surface area contributed by atoms with Crippen molar-refractivity contribution in [2.45, 2.75) is 9.79 Å². The van der Waals surface area contributed by atoms with Gasteiger partial charge in [0.15, 0.2) is 0 Å². The molecule has 2 rings (SSSR count). The molecular formula is C11H10BrN3O2S. The monoisotopic (exact) mass is 327 g/mol. The van der Waals surface area contributed by atoms with Gasteiger partial charge in [-0.05, 0) is 52.3 Å². The van der Waals surface area contributed by atoms with Crippen molar-refractivity contribution in [2.24, 2.45) is 0 Å². The minimum Gasteiger partial charge on any atom is -0.399 e. The van der Waals surface area contributed by atoms with E-state index in [0.717, 1.165) is 0 Å². The van der Waals surface area contributed by atoms with Gasteiger partial charge in [-0.1, -0.05) is 0 Å². The van der Waals surface area contributed by atoms with Crippen molar-refractivity contribution in [2.75, 3.05) is 11.5 Å². The van der Waals surface area contributed by atoms with Crippen molar-refractivity contribution >= 4 is 37.3 Å². The van der Waals surface area contributed by atoms with Crippen molar-refractivity contribution in [3.8, 4) is 0 Å². The molecule has 2 aromatic rings. The van der Waals surface area contributed by atoms with Crippen molar-refractivity contribution in [3.63, 3.8) is 0 Å². The van der Waals surface area contributed by atoms with Crippen molar-refractivity contribution in [1.29, 1.82) is 0 Å². The number of halogens is 1. The quantitative estimate of drug-likeness (QED) is 0.647. The largest absolute Gasteiger partial charge is 0.399 e. The molecule has 0 aliphatic rings. The first kappa shape index (κ1) is 12.8. The Morgan fingerprint density at radius 1 is 1.00 bits per heavy atom. The molecule has 0 spiro atoms. The van der Waals surface area contributed by atoms with Gasteiger partial charge < -0.3 is 11.5 Å². The Hall–Kier alpha value is -1.60. The second-order valence-electron chi connectivity index (χ2n) is 3.62. The number of aromatic nitrogens is 1. The molecule has 18 heavy (non-hydrogen) atoms. The van der Waals surface area contributed by atoms with Crippen LogP contribution in [0.5, 0.6) is 0 Å². The molecule has 0 fully saturated rings. The summed E-state index contributed by atoms with van der Waals surface area (Å²) >= 11 is 3.11. The maximum Gasteiger partial charge on any atom is 0.206 e. The first-order valence-corrected chi connectivity index (χ1v) is 7.21. The predicted octanol–water partition coefficient (Wildman–Crippen LogP) is 1.84. The summed E-state index contributed by atoms with van der Waals surface area (Å²) in [5.41, 5.74) is 11.6. The van der Waals surface area contributed by atoms with Gasteiger partial charge in [0.2, 0.25) is 9.84 Å². The number of benzene rings is 1. The number of sulfone groups is 1. The van der Waals surface area contributed by atoms with Gasteiger partial charge >= 0.3 is 0 Å². The number of nitrogen functional groups attached to an aromatic ring is 2. The fraction of sp³-hybridized carbons (Fsp3) is 0. The summed E-state index contributed by atoms with van der Waals surface area (Å²) in [5, 5.41) is 0. The van der Waals surface area contributed by atoms with Gasteiger partial charge in [0.1, 0.15) is 10.4 Å². The summed E-state index contributed by atoms with van der Waals surface area (Å²) in [6.45, 7) is 0. The second-order valence-corrected chi connectivity index (χ2v) is 6.39. The van der Waals surface area contributed by atoms with Crippen LogP contribution in [0.1, 0.15) is 0 Å². The minimum absolute atomic E-state index is 0.0895. The minimum atomic E-state index is -3.61. The van der Waals surface area contributed by atoms with E-state index in [1.54, 1.807) is 0 Å². The maximum absolute atomic E-state index is 12.3. The van der Waals surface area contributed by atoms with Gasteiger partial charge in [-0.3, -0.25) is 0 Å². The van der Waals surface area contributed by atoms with Gasteiger partial charge in [-0.25, -0.2) is 13.4 Å². The third-order valence-electron chi connectivity index (χ3n) is 2.29. The molecule has 0 aliphatic carbocycles. The lowest BCUT2D eigenvalue weighted by Gasteiger charge is -2.06. The van der Waals surface area contributed by atoms with E-state index in [1.165, 1.54) is 36.4 Å². The smallest absolute Gasteiger partial charge is 0.206 e. The molecule has 0 aliphatic heterocycles. The average molecular weight is 328 g/mol. The number of hydrogen-bond donors (Lipinski definition) is 2. The number of nitrogens with two attached hydrogens (primary N) is 2. The van der Waals surface area contributed by atoms with Crippen molar-refractivity contribution in [1.82, 2.24) is 4.98 Å². The summed E-state index contributed by atoms with van der Waals surface area (Å²) < 4.78 is 25.0. The molecule has 0 amide bonds. The second kappa shape index (κ2) is 4.58. The molecule has 0 unspecified atom stereocenters. The van der Waals surface area contributed by atoms with Gasteiger partial charge in [-0.2, -0.15) is 0 Å². The summed E-state index contributed by atoms with van der Waals surface area (Å²) in [6, 6.07) is 8.70. The molecule has 7 heteroatoms. The highest BCUT2D eigenvalue weighted by Crippen LogP contribution is 2.24. The lowest BCUT2D eigenvalue weighted by atomic mass is 10.3. The average Bonchev–Trinajstić information content (AvgIpc) is 2.28. The number of anilines is 2. The Labute approximate surface area is 113 Å². The van der Waals surface area contributed by atoms with Crippen LogP contribution in [-0.2, 0) is 9.84 Å². The van der Waals surface area contributed by atoms with Crippen molar-refractivity contribution < 1.29 is 8.42 Å². The molecule has 1 heterocycles. The molecule has 1 aromatic heterocycles. The lowest BCUT2D eigenvalue weighted by molar-refractivity contribution is 0.596. The number of pyridine rings is 1. The topological polar surface area (TPSA) is 99.1 Å². The SMILES string of the molecule is Nc1ccc(S(=O)(=O)c2cc(N)nc(Br)c2)cc1. The van der Waals surface area contributed by atoms with Crippen LogP contribution in [0, 0.1) is 0 Å². The number of nitrogens with zero attached hydrogens (tertiary/aromatic N) is 1. The molecule has 1 aromatic carbocycles. The zero-order valence-corrected chi connectivity index (χ0v) is 11.6. The van der Waals surface area contributed by atoms with Gasteiger partial charge in [0.25, 0.3) is 0 Å². The van der Waals surface area contributed by atoms with Crippen LogP contribution in [-0.4, -0.2) is 13.4 Å². The van der Waals surface area contributed by atoms with Crippen LogP contribution < -0.4 is 11.5 Å². The molecule has 0 atom stereocenters. The van der Waals surface area contributed by atoms with E-state index in [-0.39, 0.29) is 15.6 Å². The van der Waals surface area contributed by atoms with Gasteiger partial charge in [-0.15, -0.1) is 0 Å². The highest BCUT2D eigenvalue weighted by atomic mass is 79.9. The standard InChI is InChI=1S/C11H10BrN3O2S/c12-10-5-9(6-11(14)15-10)18(16,17)8-3-1-7(13)2-4-8/h1-6H,13H2,(H2,14,15). The van der Waals surface area contributed by atoms with E-state index in [2.05, 4.69) is 20.9 Å². The van der Waals surface area contributed by atoms with Crippen LogP contribution in [0.15, 0.2) is 50.8 Å². The van der Waals surface area contributed by atoms with E-state index in [0.29, 0.717) is 10.3 Å². The molecule has 94 valence electrons. The van der Waals surface area contributed by atoms with Gasteiger partial charge in [0.05, 0.1) is 9.79 Å². The Morgan fingerprint density at radius 3 is 2.17 bits per heavy atom. The summed E-state index contributed by atoms with van der Waals surface area (Å²) in [7, 11) is -3.61. The number of hydrogen-bond acceptors (Lipinski definition) is 5. The Balaban J connectivity index is 2.57. The highest BCUT2D eigenvalue weighted by molar-refractivity contribution is 9.10. The van der Waals surface area contributed by atoms with Crippen LogP contribution >= 0.6 is 15.9 Å². The molecular weight excluding hydrogens is 318 g/mol. The van der Waals surface area contributed by atoms with E-state index in [4.69, 9.17) is 11.5 Å². The van der Waals surface area contributed by atoms with E-state index in [1.807, 2.05) is 0 Å². The predicted molar refractivity (Wildman–Crippen MR) is 72.7 cm³/mol. The first-order valence-electron chi connectivity index (χ1n) is 4.93. The van der Waals surface area contributed by atoms with Gasteiger partial charge in [0, 0.05) is 5.69 Å². The fourth-order valence-corrected chi connectivity index (χ4v) is 3.34. The summed E-state index contributed by atoms with van der Waals surface area (Å²) in [6.07, 6.45) is 0. The van der Waals surface area contributed by atoms with Crippen LogP contribution in [0.3, 0.4) is 0 Å². The molecule has 5 nitrogen and oxygen atoms in total. The Morgan fingerprint density at radius 2 is 1.61 bits per heavy atom. The zero-order valence-electron chi connectivity index (χ0n) is 9.17. The fourth-order valence-electron chi connectivity index (χ4n) is 1.43. The van der Waals surface area contributed by atoms with E-state index < -0.39 is 9.84 Å². The molecule has 0 saturated carbocycles. The number of rotatable bonds is 2. The molecule has 4 N–H and O–H groups in total. The van der Waals surface area contributed by atoms with E-state index in [9.17, 15) is 8.42 Å². The third kappa shape index (κ3) is 2.46. The molecule has 0 radical (unpaired) electrons. The maximum atomic E-state index is 12.3. The Bertz CT molecular complexity index is 664. The molecule has 0 bridgehead atoms. The lowest BCUT2D eigenvalue weighted by Crippen LogP contribution is -2.04.